The van der Waals surface area contributed by atoms with E-state index in [4.69, 9.17) is 9.47 Å². The van der Waals surface area contributed by atoms with Crippen molar-refractivity contribution in [2.24, 2.45) is 0 Å². The van der Waals surface area contributed by atoms with E-state index in [-0.39, 0.29) is 30.1 Å². The van der Waals surface area contributed by atoms with E-state index in [0.717, 1.165) is 34.5 Å². The Bertz CT molecular complexity index is 1240. The van der Waals surface area contributed by atoms with Crippen LogP contribution in [0.4, 0.5) is 0 Å². The number of carbonyl (C=O) groups is 2. The lowest BCUT2D eigenvalue weighted by Gasteiger charge is -2.65. The van der Waals surface area contributed by atoms with E-state index in [1.54, 1.807) is 17.4 Å². The molecule has 2 aliphatic carbocycles. The molecule has 2 bridgehead atoms. The molecular formula is C27H29BrN2O4S. The van der Waals surface area contributed by atoms with Gasteiger partial charge in [0.2, 0.25) is 5.91 Å². The number of thiophene rings is 1. The Kier molecular flexibility index (Phi) is 5.44. The first-order valence-corrected chi connectivity index (χ1v) is 13.8. The lowest BCUT2D eigenvalue weighted by Crippen LogP contribution is -2.78. The zero-order valence-electron chi connectivity index (χ0n) is 20.1. The average molecular weight is 558 g/mol. The predicted molar refractivity (Wildman–Crippen MR) is 139 cm³/mol. The van der Waals surface area contributed by atoms with Gasteiger partial charge in [-0.15, -0.1) is 11.3 Å². The Morgan fingerprint density at radius 1 is 1.34 bits per heavy atom. The van der Waals surface area contributed by atoms with Crippen LogP contribution < -0.4 is 4.74 Å². The maximum Gasteiger partial charge on any atom is 0.303 e. The van der Waals surface area contributed by atoms with Gasteiger partial charge in [-0.2, -0.15) is 0 Å². The lowest BCUT2D eigenvalue weighted by molar-refractivity contribution is -0.220. The molecule has 2 fully saturated rings. The molecule has 2 aromatic rings. The molecule has 0 radical (unpaired) electrons. The number of likely N-dealkylation sites (tertiary alicyclic amines) is 1. The molecule has 8 heteroatoms. The first kappa shape index (κ1) is 23.3. The standard InChI is InChI=1S/C27H29BrN2O4S/c1-16(31)34-27-10-9-20(30(3)23(32)8-7-19-14-18(28)15-35-19)25-26(27)11-12-29(2)22(27)13-17-5-4-6-21(33-25)24(17)26/h4-8,14-15,20,22,25H,9-13H2,1-3H3/b8-7+/t20-,22-,25+,26+,27-/m1/s1. The molecule has 2 aliphatic heterocycles. The smallest absolute Gasteiger partial charge is 0.303 e. The summed E-state index contributed by atoms with van der Waals surface area (Å²) in [7, 11) is 4.01. The fourth-order valence-corrected chi connectivity index (χ4v) is 8.71. The first-order valence-electron chi connectivity index (χ1n) is 12.1. The Morgan fingerprint density at radius 3 is 2.91 bits per heavy atom. The average Bonchev–Trinajstić information content (AvgIpc) is 3.39. The highest BCUT2D eigenvalue weighted by molar-refractivity contribution is 9.10. The van der Waals surface area contributed by atoms with Crippen molar-refractivity contribution in [2.45, 2.75) is 61.8 Å². The maximum atomic E-state index is 13.3. The van der Waals surface area contributed by atoms with Gasteiger partial charge in [-0.1, -0.05) is 12.1 Å². The second-order valence-electron chi connectivity index (χ2n) is 10.3. The highest BCUT2D eigenvalue weighted by Gasteiger charge is 2.75. The number of esters is 1. The molecule has 1 aromatic heterocycles. The number of ether oxygens (including phenoxy) is 2. The van der Waals surface area contributed by atoms with Crippen LogP contribution in [0.15, 0.2) is 40.2 Å². The zero-order chi connectivity index (χ0) is 24.5. The minimum Gasteiger partial charge on any atom is -0.487 e. The molecule has 0 N–H and O–H groups in total. The van der Waals surface area contributed by atoms with Crippen molar-refractivity contribution in [1.29, 1.82) is 0 Å². The summed E-state index contributed by atoms with van der Waals surface area (Å²) in [6.07, 6.45) is 6.35. The SMILES string of the molecule is CC(=O)O[C@@]12CC[C@@H](N(C)C(=O)/C=C/c3cc(Br)cs3)[C@@H]3Oc4cccc5c4[C@@]31CCN(C)[C@@H]2C5. The van der Waals surface area contributed by atoms with E-state index in [1.165, 1.54) is 18.1 Å². The summed E-state index contributed by atoms with van der Waals surface area (Å²) in [6, 6.07) is 8.26. The maximum absolute atomic E-state index is 13.3. The van der Waals surface area contributed by atoms with Gasteiger partial charge in [-0.25, -0.2) is 0 Å². The number of rotatable bonds is 4. The van der Waals surface area contributed by atoms with Crippen LogP contribution in [0.5, 0.6) is 5.75 Å². The molecule has 1 saturated carbocycles. The summed E-state index contributed by atoms with van der Waals surface area (Å²) < 4.78 is 14.1. The Morgan fingerprint density at radius 2 is 2.17 bits per heavy atom. The molecule has 0 unspecified atom stereocenters. The molecule has 1 spiro atoms. The molecule has 1 aromatic carbocycles. The first-order chi connectivity index (χ1) is 16.8. The second-order valence-corrected chi connectivity index (χ2v) is 12.1. The molecule has 35 heavy (non-hydrogen) atoms. The van der Waals surface area contributed by atoms with Crippen LogP contribution in [0.3, 0.4) is 0 Å². The fourth-order valence-electron chi connectivity index (χ4n) is 7.38. The summed E-state index contributed by atoms with van der Waals surface area (Å²) in [5, 5.41) is 2.00. The van der Waals surface area contributed by atoms with E-state index in [1.807, 2.05) is 35.5 Å². The Hall–Kier alpha value is -2.16. The van der Waals surface area contributed by atoms with E-state index in [9.17, 15) is 9.59 Å². The number of piperidine rings is 1. The van der Waals surface area contributed by atoms with Crippen molar-refractivity contribution in [3.63, 3.8) is 0 Å². The second kappa shape index (κ2) is 8.18. The fraction of sp³-hybridized carbons (Fsp3) is 0.481. The van der Waals surface area contributed by atoms with Gasteiger partial charge in [0, 0.05) is 40.3 Å². The number of nitrogens with zero attached hydrogens (tertiary/aromatic N) is 2. The minimum absolute atomic E-state index is 0.0454. The van der Waals surface area contributed by atoms with Gasteiger partial charge in [0.25, 0.3) is 0 Å². The van der Waals surface area contributed by atoms with Gasteiger partial charge >= 0.3 is 5.97 Å². The summed E-state index contributed by atoms with van der Waals surface area (Å²) >= 11 is 5.06. The summed E-state index contributed by atoms with van der Waals surface area (Å²) in [5.74, 6) is 0.596. The van der Waals surface area contributed by atoms with Crippen LogP contribution in [0.1, 0.15) is 42.2 Å². The van der Waals surface area contributed by atoms with Crippen molar-refractivity contribution < 1.29 is 19.1 Å². The van der Waals surface area contributed by atoms with Gasteiger partial charge in [0.15, 0.2) is 0 Å². The molecule has 6 nitrogen and oxygen atoms in total. The highest BCUT2D eigenvalue weighted by atomic mass is 79.9. The van der Waals surface area contributed by atoms with Crippen molar-refractivity contribution >= 4 is 45.2 Å². The number of benzene rings is 1. The van der Waals surface area contributed by atoms with Gasteiger partial charge < -0.3 is 14.4 Å². The third-order valence-corrected chi connectivity index (χ3v) is 10.4. The Balaban J connectivity index is 1.41. The molecular weight excluding hydrogens is 528 g/mol. The van der Waals surface area contributed by atoms with Gasteiger partial charge in [0.05, 0.1) is 17.5 Å². The molecule has 1 amide bonds. The topological polar surface area (TPSA) is 59.1 Å². The number of likely N-dealkylation sites (N-methyl/N-ethyl adjacent to an activating group) is 2. The van der Waals surface area contributed by atoms with Crippen LogP contribution in [0, 0.1) is 0 Å². The molecule has 5 atom stereocenters. The number of carbonyl (C=O) groups excluding carboxylic acids is 2. The van der Waals surface area contributed by atoms with Crippen LogP contribution in [-0.4, -0.2) is 66.1 Å². The van der Waals surface area contributed by atoms with Crippen LogP contribution in [-0.2, 0) is 26.2 Å². The predicted octanol–water partition coefficient (Wildman–Crippen LogP) is 4.41. The third kappa shape index (κ3) is 3.22. The largest absolute Gasteiger partial charge is 0.487 e. The summed E-state index contributed by atoms with van der Waals surface area (Å²) in [5.41, 5.74) is 1.37. The molecule has 4 aliphatic rings. The number of amides is 1. The van der Waals surface area contributed by atoms with Crippen LogP contribution >= 0.6 is 27.3 Å². The lowest BCUT2D eigenvalue weighted by atomic mass is 9.48. The zero-order valence-corrected chi connectivity index (χ0v) is 22.5. The van der Waals surface area contributed by atoms with Gasteiger partial charge in [-0.3, -0.25) is 14.5 Å². The van der Waals surface area contributed by atoms with Crippen molar-refractivity contribution in [2.75, 3.05) is 20.6 Å². The summed E-state index contributed by atoms with van der Waals surface area (Å²) in [6.45, 7) is 2.42. The summed E-state index contributed by atoms with van der Waals surface area (Å²) in [4.78, 5) is 31.0. The van der Waals surface area contributed by atoms with Crippen LogP contribution in [0.25, 0.3) is 6.08 Å². The van der Waals surface area contributed by atoms with Crippen LogP contribution in [0.2, 0.25) is 0 Å². The van der Waals surface area contributed by atoms with Crippen molar-refractivity contribution in [3.05, 3.63) is 56.2 Å². The van der Waals surface area contributed by atoms with E-state index in [2.05, 4.69) is 40.0 Å². The van der Waals surface area contributed by atoms with Gasteiger partial charge in [0.1, 0.15) is 17.5 Å². The molecule has 184 valence electrons. The molecule has 1 saturated heterocycles. The van der Waals surface area contributed by atoms with Crippen molar-refractivity contribution in [3.8, 4) is 5.75 Å². The molecule has 6 rings (SSSR count). The van der Waals surface area contributed by atoms with E-state index >= 15 is 0 Å². The third-order valence-electron chi connectivity index (χ3n) is 8.71. The number of halogens is 1. The van der Waals surface area contributed by atoms with Gasteiger partial charge in [-0.05, 0) is 79.0 Å². The number of hydrogen-bond acceptors (Lipinski definition) is 6. The Labute approximate surface area is 218 Å². The molecule has 3 heterocycles. The number of hydrogen-bond donors (Lipinski definition) is 0. The monoisotopic (exact) mass is 556 g/mol. The normalized spacial score (nSPS) is 32.7. The highest BCUT2D eigenvalue weighted by Crippen LogP contribution is 2.65. The minimum atomic E-state index is -0.657. The van der Waals surface area contributed by atoms with Crippen molar-refractivity contribution in [1.82, 2.24) is 9.80 Å². The quantitative estimate of drug-likeness (QED) is 0.412. The van der Waals surface area contributed by atoms with E-state index < -0.39 is 11.0 Å². The van der Waals surface area contributed by atoms with E-state index in [0.29, 0.717) is 12.8 Å².